The van der Waals surface area contributed by atoms with Crippen LogP contribution in [0.1, 0.15) is 86.7 Å². The lowest BCUT2D eigenvalue weighted by Gasteiger charge is -2.35. The first-order valence-electron chi connectivity index (χ1n) is 21.7. The molecular formula is C49H53FN8O3S. The number of aromatic nitrogens is 6. The zero-order valence-electron chi connectivity index (χ0n) is 35.5. The average molecular weight is 853 g/mol. The SMILES string of the molecule is CC/C(=C(/c1ccc(OCCCCCCS(=N)(=O)C2(c3cc(N4CCOC[C@H]4C)nc(-c4ccnc5[nH]ccc45)n3)CC2)cc1)c1ccc2[nH]ncc2c1)c1ccc(F)cc1C. The Morgan fingerprint density at radius 2 is 1.82 bits per heavy atom. The molecule has 0 amide bonds. The van der Waals surface area contributed by atoms with Gasteiger partial charge in [0.2, 0.25) is 0 Å². The minimum atomic E-state index is -3.01. The average Bonchev–Trinajstić information content (AvgIpc) is 3.74. The highest BCUT2D eigenvalue weighted by Crippen LogP contribution is 2.54. The van der Waals surface area contributed by atoms with Gasteiger partial charge < -0.3 is 19.4 Å². The normalized spacial score (nSPS) is 17.5. The van der Waals surface area contributed by atoms with Gasteiger partial charge >= 0.3 is 0 Å². The lowest BCUT2D eigenvalue weighted by Crippen LogP contribution is -2.44. The molecular weight excluding hydrogens is 800 g/mol. The van der Waals surface area contributed by atoms with Gasteiger partial charge in [-0.15, -0.1) is 0 Å². The van der Waals surface area contributed by atoms with Gasteiger partial charge in [-0.05, 0) is 128 Å². The highest BCUT2D eigenvalue weighted by Gasteiger charge is 2.54. The molecule has 11 nitrogen and oxygen atoms in total. The van der Waals surface area contributed by atoms with E-state index in [0.717, 1.165) is 98.2 Å². The van der Waals surface area contributed by atoms with Gasteiger partial charge in [0.1, 0.15) is 23.0 Å². The van der Waals surface area contributed by atoms with Gasteiger partial charge in [0, 0.05) is 47.1 Å². The molecule has 62 heavy (non-hydrogen) atoms. The number of pyridine rings is 1. The Bertz CT molecular complexity index is 2870. The van der Waals surface area contributed by atoms with Crippen molar-refractivity contribution in [3.8, 4) is 17.1 Å². The number of aromatic amines is 2. The number of hydrogen-bond donors (Lipinski definition) is 3. The number of anilines is 1. The number of halogens is 1. The van der Waals surface area contributed by atoms with Gasteiger partial charge in [0.15, 0.2) is 5.82 Å². The van der Waals surface area contributed by atoms with Gasteiger partial charge in [0.25, 0.3) is 0 Å². The molecule has 1 aliphatic carbocycles. The van der Waals surface area contributed by atoms with Crippen molar-refractivity contribution in [1.29, 1.82) is 4.78 Å². The molecule has 1 unspecified atom stereocenters. The molecule has 0 radical (unpaired) electrons. The predicted molar refractivity (Wildman–Crippen MR) is 245 cm³/mol. The number of nitrogens with zero attached hydrogens (tertiary/aromatic N) is 5. The maximum absolute atomic E-state index is 14.4. The molecule has 2 aliphatic rings. The largest absolute Gasteiger partial charge is 0.494 e. The van der Waals surface area contributed by atoms with Crippen molar-refractivity contribution >= 4 is 48.6 Å². The van der Waals surface area contributed by atoms with Crippen LogP contribution in [0.4, 0.5) is 10.2 Å². The second kappa shape index (κ2) is 17.5. The molecule has 9 rings (SSSR count). The first-order valence-corrected chi connectivity index (χ1v) is 23.5. The van der Waals surface area contributed by atoms with Crippen molar-refractivity contribution in [1.82, 2.24) is 30.1 Å². The number of ether oxygens (including phenoxy) is 2. The number of fused-ring (bicyclic) bond motifs is 2. The number of allylic oxidation sites excluding steroid dienone is 1. The summed E-state index contributed by atoms with van der Waals surface area (Å²) in [6.07, 6.45) is 10.9. The standard InChI is InChI=1S/C49H53FN8O3S/c1-4-39(40-15-12-37(50)27-32(40)2)46(35-11-16-43-36(28-35)30-54-57-43)34-9-13-38(14-10-34)61-24-7-5-6-8-26-62(51,59)49(19-20-49)44-29-45(58-23-25-60-31-33(58)3)56-48(55-44)42-18-22-53-47-41(42)17-21-52-47/h9-18,21-22,27-30,33,51H,4-8,19-20,23-26,31H2,1-3H3,(H,52,53)(H,54,57)/b46-39+/t33-,62?/m1/s1. The van der Waals surface area contributed by atoms with Crippen LogP contribution in [0.25, 0.3) is 44.5 Å². The van der Waals surface area contributed by atoms with E-state index in [1.165, 1.54) is 6.07 Å². The van der Waals surface area contributed by atoms with Crippen LogP contribution in [0, 0.1) is 17.5 Å². The van der Waals surface area contributed by atoms with E-state index >= 15 is 0 Å². The van der Waals surface area contributed by atoms with Crippen LogP contribution in [-0.2, 0) is 19.2 Å². The van der Waals surface area contributed by atoms with Gasteiger partial charge in [-0.3, -0.25) is 9.88 Å². The topological polar surface area (TPSA) is 146 Å². The Morgan fingerprint density at radius 3 is 2.61 bits per heavy atom. The molecule has 5 heterocycles. The lowest BCUT2D eigenvalue weighted by atomic mass is 9.86. The van der Waals surface area contributed by atoms with E-state index in [9.17, 15) is 13.4 Å². The van der Waals surface area contributed by atoms with Crippen LogP contribution in [0.15, 0.2) is 97.5 Å². The number of unbranched alkanes of at least 4 members (excludes halogenated alkanes) is 3. The molecule has 1 saturated heterocycles. The maximum Gasteiger partial charge on any atom is 0.162 e. The van der Waals surface area contributed by atoms with Gasteiger partial charge in [-0.25, -0.2) is 23.6 Å². The highest BCUT2D eigenvalue weighted by molar-refractivity contribution is 7.93. The molecule has 0 bridgehead atoms. The summed E-state index contributed by atoms with van der Waals surface area (Å²) in [5, 5.41) is 9.22. The Balaban J connectivity index is 0.845. The number of rotatable bonds is 16. The van der Waals surface area contributed by atoms with Crippen LogP contribution in [0.5, 0.6) is 5.75 Å². The second-order valence-corrected chi connectivity index (χ2v) is 19.2. The quantitative estimate of drug-likeness (QED) is 0.0643. The Morgan fingerprint density at radius 1 is 1.00 bits per heavy atom. The molecule has 4 aromatic heterocycles. The molecule has 2 atom stereocenters. The van der Waals surface area contributed by atoms with Gasteiger partial charge in [-0.1, -0.05) is 44.0 Å². The molecule has 3 aromatic carbocycles. The Kier molecular flexibility index (Phi) is 11.7. The minimum Gasteiger partial charge on any atom is -0.494 e. The van der Waals surface area contributed by atoms with Crippen molar-refractivity contribution in [2.24, 2.45) is 0 Å². The molecule has 7 aromatic rings. The van der Waals surface area contributed by atoms with E-state index in [4.69, 9.17) is 19.4 Å². The Labute approximate surface area is 362 Å². The van der Waals surface area contributed by atoms with E-state index in [1.54, 1.807) is 12.3 Å². The molecule has 13 heteroatoms. The van der Waals surface area contributed by atoms with Crippen LogP contribution in [0.3, 0.4) is 0 Å². The van der Waals surface area contributed by atoms with E-state index in [0.29, 0.717) is 62.9 Å². The maximum atomic E-state index is 14.4. The first kappa shape index (κ1) is 41.4. The summed E-state index contributed by atoms with van der Waals surface area (Å²) in [6, 6.07) is 25.5. The first-order chi connectivity index (χ1) is 30.1. The number of benzene rings is 3. The molecule has 3 N–H and O–H groups in total. The smallest absolute Gasteiger partial charge is 0.162 e. The monoisotopic (exact) mass is 852 g/mol. The van der Waals surface area contributed by atoms with E-state index in [-0.39, 0.29) is 11.9 Å². The summed E-state index contributed by atoms with van der Waals surface area (Å²) in [5.41, 5.74) is 9.56. The third-order valence-corrected chi connectivity index (χ3v) is 15.3. The van der Waals surface area contributed by atoms with Crippen molar-refractivity contribution in [3.05, 3.63) is 131 Å². The molecule has 0 spiro atoms. The van der Waals surface area contributed by atoms with Gasteiger partial charge in [-0.2, -0.15) is 5.10 Å². The van der Waals surface area contributed by atoms with Crippen LogP contribution < -0.4 is 9.64 Å². The minimum absolute atomic E-state index is 0.125. The Hall–Kier alpha value is -5.92. The number of nitrogens with one attached hydrogen (secondary N) is 3. The fraction of sp³-hybridized carbons (Fsp3) is 0.347. The fourth-order valence-corrected chi connectivity index (χ4v) is 11.2. The van der Waals surface area contributed by atoms with E-state index in [2.05, 4.69) is 63.2 Å². The van der Waals surface area contributed by atoms with Crippen LogP contribution in [0.2, 0.25) is 0 Å². The number of H-pyrrole nitrogens is 2. The summed E-state index contributed by atoms with van der Waals surface area (Å²) < 4.78 is 49.0. The zero-order chi connectivity index (χ0) is 42.8. The number of aryl methyl sites for hydroxylation is 1. The summed E-state index contributed by atoms with van der Waals surface area (Å²) in [6.45, 7) is 8.69. The lowest BCUT2D eigenvalue weighted by molar-refractivity contribution is 0.0985. The number of hydrogen-bond acceptors (Lipinski definition) is 9. The second-order valence-electron chi connectivity index (χ2n) is 16.6. The molecule has 2 fully saturated rings. The van der Waals surface area contributed by atoms with Crippen molar-refractivity contribution in [2.45, 2.75) is 76.5 Å². The van der Waals surface area contributed by atoms with Crippen molar-refractivity contribution in [3.63, 3.8) is 0 Å². The predicted octanol–water partition coefficient (Wildman–Crippen LogP) is 10.6. The third kappa shape index (κ3) is 8.23. The molecule has 1 saturated carbocycles. The van der Waals surface area contributed by atoms with Crippen LogP contribution >= 0.6 is 0 Å². The van der Waals surface area contributed by atoms with Crippen LogP contribution in [-0.4, -0.2) is 72.5 Å². The van der Waals surface area contributed by atoms with E-state index in [1.807, 2.05) is 61.8 Å². The van der Waals surface area contributed by atoms with Crippen molar-refractivity contribution < 1.29 is 18.1 Å². The highest BCUT2D eigenvalue weighted by atomic mass is 32.2. The summed E-state index contributed by atoms with van der Waals surface area (Å²) in [7, 11) is -3.01. The van der Waals surface area contributed by atoms with Crippen molar-refractivity contribution in [2.75, 3.05) is 37.0 Å². The summed E-state index contributed by atoms with van der Waals surface area (Å²) >= 11 is 0. The van der Waals surface area contributed by atoms with Gasteiger partial charge in [0.05, 0.1) is 57.7 Å². The zero-order valence-corrected chi connectivity index (χ0v) is 36.4. The fourth-order valence-electron chi connectivity index (χ4n) is 8.97. The molecule has 320 valence electrons. The molecule has 1 aliphatic heterocycles. The number of morpholine rings is 1. The summed E-state index contributed by atoms with van der Waals surface area (Å²) in [5.74, 6) is 2.23. The third-order valence-electron chi connectivity index (χ3n) is 12.5. The summed E-state index contributed by atoms with van der Waals surface area (Å²) in [4.78, 5) is 20.0. The van der Waals surface area contributed by atoms with E-state index < -0.39 is 14.5 Å².